The number of aliphatic hydroxyl groups is 1. The van der Waals surface area contributed by atoms with Crippen LogP contribution < -0.4 is 5.32 Å². The molecule has 0 aliphatic heterocycles. The van der Waals surface area contributed by atoms with Gasteiger partial charge in [0.15, 0.2) is 0 Å². The zero-order valence-corrected chi connectivity index (χ0v) is 9.15. The van der Waals surface area contributed by atoms with E-state index in [2.05, 4.69) is 5.32 Å². The molecule has 0 heterocycles. The zero-order valence-electron chi connectivity index (χ0n) is 9.15. The van der Waals surface area contributed by atoms with Gasteiger partial charge >= 0.3 is 0 Å². The first-order valence-corrected chi connectivity index (χ1v) is 4.83. The molecule has 0 fully saturated rings. The molecule has 2 atom stereocenters. The Bertz CT molecular complexity index is 202. The highest BCUT2D eigenvalue weighted by Gasteiger charge is 2.22. The molecule has 14 heavy (non-hydrogen) atoms. The predicted octanol–water partition coefficient (Wildman–Crippen LogP) is 0.343. The van der Waals surface area contributed by atoms with Crippen LogP contribution in [0.5, 0.6) is 0 Å². The molecule has 0 saturated carbocycles. The van der Waals surface area contributed by atoms with Gasteiger partial charge in [-0.3, -0.25) is 4.79 Å². The van der Waals surface area contributed by atoms with E-state index in [1.807, 2.05) is 13.8 Å². The second-order valence-corrected chi connectivity index (χ2v) is 4.10. The van der Waals surface area contributed by atoms with Gasteiger partial charge in [0.05, 0.1) is 6.04 Å². The smallest absolute Gasteiger partial charge is 0.249 e. The van der Waals surface area contributed by atoms with E-state index in [1.54, 1.807) is 13.8 Å². The standard InChI is InChI=1S/C10H19NO3/c1-6(2)8(5-12)11-10(14)9(13)7(3)4/h5-9,13H,1-4H3,(H,11,14)/t8-,9+/m0/s1. The zero-order chi connectivity index (χ0) is 11.3. The summed E-state index contributed by atoms with van der Waals surface area (Å²) >= 11 is 0. The molecule has 0 saturated heterocycles. The molecule has 82 valence electrons. The normalized spacial score (nSPS) is 15.4. The Morgan fingerprint density at radius 3 is 2.00 bits per heavy atom. The third-order valence-electron chi connectivity index (χ3n) is 2.07. The average molecular weight is 201 g/mol. The van der Waals surface area contributed by atoms with Crippen molar-refractivity contribution in [3.8, 4) is 0 Å². The molecule has 0 spiro atoms. The summed E-state index contributed by atoms with van der Waals surface area (Å²) in [5, 5.41) is 11.9. The van der Waals surface area contributed by atoms with Crippen molar-refractivity contribution in [2.45, 2.75) is 39.8 Å². The summed E-state index contributed by atoms with van der Waals surface area (Å²) in [6.45, 7) is 7.16. The number of hydrogen-bond donors (Lipinski definition) is 2. The molecule has 4 nitrogen and oxygen atoms in total. The molecular formula is C10H19NO3. The van der Waals surface area contributed by atoms with Crippen LogP contribution in [0.25, 0.3) is 0 Å². The van der Waals surface area contributed by atoms with Gasteiger partial charge in [-0.15, -0.1) is 0 Å². The van der Waals surface area contributed by atoms with Crippen molar-refractivity contribution in [1.29, 1.82) is 0 Å². The lowest BCUT2D eigenvalue weighted by molar-refractivity contribution is -0.133. The van der Waals surface area contributed by atoms with Crippen molar-refractivity contribution in [3.05, 3.63) is 0 Å². The molecule has 1 amide bonds. The van der Waals surface area contributed by atoms with E-state index >= 15 is 0 Å². The highest BCUT2D eigenvalue weighted by Crippen LogP contribution is 2.03. The molecule has 0 aromatic carbocycles. The van der Waals surface area contributed by atoms with Crippen molar-refractivity contribution in [1.82, 2.24) is 5.32 Å². The number of carbonyl (C=O) groups excluding carboxylic acids is 2. The summed E-state index contributed by atoms with van der Waals surface area (Å²) in [5.74, 6) is -0.587. The van der Waals surface area contributed by atoms with E-state index in [4.69, 9.17) is 0 Å². The average Bonchev–Trinajstić information content (AvgIpc) is 2.11. The maximum absolute atomic E-state index is 11.3. The number of amides is 1. The first-order valence-electron chi connectivity index (χ1n) is 4.83. The second kappa shape index (κ2) is 5.75. The number of carbonyl (C=O) groups is 2. The van der Waals surface area contributed by atoms with Crippen molar-refractivity contribution in [2.75, 3.05) is 0 Å². The summed E-state index contributed by atoms with van der Waals surface area (Å²) < 4.78 is 0. The van der Waals surface area contributed by atoms with Gasteiger partial charge in [-0.25, -0.2) is 0 Å². The number of rotatable bonds is 5. The van der Waals surface area contributed by atoms with Crippen LogP contribution in [0.15, 0.2) is 0 Å². The summed E-state index contributed by atoms with van der Waals surface area (Å²) in [6, 6.07) is -0.518. The van der Waals surface area contributed by atoms with Crippen LogP contribution in [-0.4, -0.2) is 29.4 Å². The van der Waals surface area contributed by atoms with E-state index in [1.165, 1.54) is 0 Å². The lowest BCUT2D eigenvalue weighted by Crippen LogP contribution is -2.46. The fraction of sp³-hybridized carbons (Fsp3) is 0.800. The number of nitrogens with one attached hydrogen (secondary N) is 1. The summed E-state index contributed by atoms with van der Waals surface area (Å²) in [4.78, 5) is 21.9. The van der Waals surface area contributed by atoms with Crippen molar-refractivity contribution in [3.63, 3.8) is 0 Å². The van der Waals surface area contributed by atoms with Crippen LogP contribution in [0.3, 0.4) is 0 Å². The Balaban J connectivity index is 4.22. The molecule has 0 aliphatic carbocycles. The first-order chi connectivity index (χ1) is 6.40. The van der Waals surface area contributed by atoms with Gasteiger partial charge in [-0.05, 0) is 11.8 Å². The van der Waals surface area contributed by atoms with Gasteiger partial charge in [0, 0.05) is 0 Å². The SMILES string of the molecule is CC(C)[C@H](C=O)NC(=O)[C@H](O)C(C)C. The van der Waals surface area contributed by atoms with E-state index < -0.39 is 18.1 Å². The largest absolute Gasteiger partial charge is 0.383 e. The lowest BCUT2D eigenvalue weighted by atomic mass is 10.0. The van der Waals surface area contributed by atoms with Crippen molar-refractivity contribution >= 4 is 12.2 Å². The van der Waals surface area contributed by atoms with Gasteiger partial charge in [-0.1, -0.05) is 27.7 Å². The van der Waals surface area contributed by atoms with Crippen LogP contribution in [-0.2, 0) is 9.59 Å². The third kappa shape index (κ3) is 3.87. The van der Waals surface area contributed by atoms with Crippen LogP contribution in [0.2, 0.25) is 0 Å². The minimum absolute atomic E-state index is 0.0378. The topological polar surface area (TPSA) is 66.4 Å². The van der Waals surface area contributed by atoms with Crippen LogP contribution in [0.4, 0.5) is 0 Å². The first kappa shape index (κ1) is 13.1. The van der Waals surface area contributed by atoms with Gasteiger partial charge in [0.1, 0.15) is 12.4 Å². The Labute approximate surface area is 84.7 Å². The van der Waals surface area contributed by atoms with Crippen LogP contribution in [0, 0.1) is 11.8 Å². The number of aliphatic hydroxyl groups excluding tert-OH is 1. The minimum atomic E-state index is -1.05. The Morgan fingerprint density at radius 2 is 1.71 bits per heavy atom. The Kier molecular flexibility index (Phi) is 5.38. The van der Waals surface area contributed by atoms with Gasteiger partial charge in [-0.2, -0.15) is 0 Å². The van der Waals surface area contributed by atoms with E-state index in [0.717, 1.165) is 0 Å². The van der Waals surface area contributed by atoms with Gasteiger partial charge in [0.2, 0.25) is 5.91 Å². The quantitative estimate of drug-likeness (QED) is 0.630. The van der Waals surface area contributed by atoms with E-state index in [-0.39, 0.29) is 11.8 Å². The fourth-order valence-corrected chi connectivity index (χ4v) is 0.910. The molecule has 0 aliphatic rings. The maximum Gasteiger partial charge on any atom is 0.249 e. The molecule has 0 bridgehead atoms. The summed E-state index contributed by atoms with van der Waals surface area (Å²) in [5.41, 5.74) is 0. The Morgan fingerprint density at radius 1 is 1.21 bits per heavy atom. The number of aldehydes is 1. The molecule has 0 unspecified atom stereocenters. The summed E-state index contributed by atoms with van der Waals surface area (Å²) in [7, 11) is 0. The molecule has 0 rings (SSSR count). The second-order valence-electron chi connectivity index (χ2n) is 4.10. The molecule has 2 N–H and O–H groups in total. The van der Waals surface area contributed by atoms with Gasteiger partial charge in [0.25, 0.3) is 0 Å². The van der Waals surface area contributed by atoms with Crippen molar-refractivity contribution in [2.24, 2.45) is 11.8 Å². The Hall–Kier alpha value is -0.900. The summed E-state index contributed by atoms with van der Waals surface area (Å²) in [6.07, 6.45) is -0.355. The van der Waals surface area contributed by atoms with E-state index in [9.17, 15) is 14.7 Å². The predicted molar refractivity (Wildman–Crippen MR) is 53.7 cm³/mol. The highest BCUT2D eigenvalue weighted by molar-refractivity contribution is 5.83. The minimum Gasteiger partial charge on any atom is -0.383 e. The fourth-order valence-electron chi connectivity index (χ4n) is 0.910. The highest BCUT2D eigenvalue weighted by atomic mass is 16.3. The van der Waals surface area contributed by atoms with E-state index in [0.29, 0.717) is 6.29 Å². The number of hydrogen-bond acceptors (Lipinski definition) is 3. The molecule has 0 radical (unpaired) electrons. The van der Waals surface area contributed by atoms with Crippen LogP contribution in [0.1, 0.15) is 27.7 Å². The lowest BCUT2D eigenvalue weighted by Gasteiger charge is -2.20. The molecule has 4 heteroatoms. The maximum atomic E-state index is 11.3. The monoisotopic (exact) mass is 201 g/mol. The van der Waals surface area contributed by atoms with Gasteiger partial charge < -0.3 is 15.2 Å². The third-order valence-corrected chi connectivity index (χ3v) is 2.07. The van der Waals surface area contributed by atoms with Crippen LogP contribution >= 0.6 is 0 Å². The molecule has 0 aromatic heterocycles. The molecule has 0 aromatic rings. The molecular weight excluding hydrogens is 182 g/mol. The van der Waals surface area contributed by atoms with Crippen molar-refractivity contribution < 1.29 is 14.7 Å².